The smallest absolute Gasteiger partial charge is 0.324 e. The Morgan fingerprint density at radius 3 is 2.55 bits per heavy atom. The van der Waals surface area contributed by atoms with Crippen LogP contribution in [0.1, 0.15) is 44.1 Å². The monoisotopic (exact) mass is 403 g/mol. The molecule has 0 unspecified atom stereocenters. The van der Waals surface area contributed by atoms with Crippen LogP contribution in [0.5, 0.6) is 11.5 Å². The summed E-state index contributed by atoms with van der Waals surface area (Å²) in [5.41, 5.74) is 0.918. The Balaban J connectivity index is 1.52. The first-order valence-corrected chi connectivity index (χ1v) is 10.1. The molecule has 8 nitrogen and oxygen atoms in total. The average Bonchev–Trinajstić information content (AvgIpc) is 2.99. The van der Waals surface area contributed by atoms with Gasteiger partial charge in [-0.25, -0.2) is 4.79 Å². The van der Waals surface area contributed by atoms with Gasteiger partial charge in [0.15, 0.2) is 11.5 Å². The number of carbonyl (C=O) groups is 3. The third-order valence-electron chi connectivity index (χ3n) is 5.54. The van der Waals surface area contributed by atoms with Gasteiger partial charge in [0.1, 0.15) is 6.04 Å². The predicted octanol–water partition coefficient (Wildman–Crippen LogP) is 2.01. The van der Waals surface area contributed by atoms with Crippen molar-refractivity contribution in [1.29, 1.82) is 0 Å². The molecule has 0 radical (unpaired) electrons. The molecule has 1 aromatic rings. The highest BCUT2D eigenvalue weighted by Crippen LogP contribution is 2.28. The van der Waals surface area contributed by atoms with Crippen LogP contribution in [-0.4, -0.2) is 55.6 Å². The molecular weight excluding hydrogens is 374 g/mol. The van der Waals surface area contributed by atoms with Crippen LogP contribution in [0.3, 0.4) is 0 Å². The van der Waals surface area contributed by atoms with E-state index in [0.29, 0.717) is 17.9 Å². The van der Waals surface area contributed by atoms with Gasteiger partial charge in [0.05, 0.1) is 20.6 Å². The lowest BCUT2D eigenvalue weighted by molar-refractivity contribution is -0.131. The normalized spacial score (nSPS) is 19.8. The molecule has 4 amide bonds. The van der Waals surface area contributed by atoms with E-state index in [-0.39, 0.29) is 30.8 Å². The van der Waals surface area contributed by atoms with Crippen molar-refractivity contribution in [3.05, 3.63) is 23.8 Å². The van der Waals surface area contributed by atoms with E-state index >= 15 is 0 Å². The van der Waals surface area contributed by atoms with Crippen LogP contribution in [0.15, 0.2) is 18.2 Å². The number of imide groups is 1. The van der Waals surface area contributed by atoms with Gasteiger partial charge < -0.3 is 20.1 Å². The highest BCUT2D eigenvalue weighted by Gasteiger charge is 2.38. The van der Waals surface area contributed by atoms with Gasteiger partial charge in [0, 0.05) is 12.6 Å². The zero-order valence-electron chi connectivity index (χ0n) is 17.0. The molecule has 2 N–H and O–H groups in total. The molecule has 3 rings (SSSR count). The number of rotatable bonds is 8. The molecule has 1 saturated carbocycles. The lowest BCUT2D eigenvalue weighted by atomic mass is 9.95. The molecule has 1 atom stereocenters. The van der Waals surface area contributed by atoms with Crippen molar-refractivity contribution in [2.24, 2.45) is 0 Å². The molecular formula is C21H29N3O5. The molecule has 2 fully saturated rings. The summed E-state index contributed by atoms with van der Waals surface area (Å²) in [6.07, 6.45) is 5.87. The number of amides is 4. The summed E-state index contributed by atoms with van der Waals surface area (Å²) in [5, 5.41) is 5.62. The number of hydrogen-bond acceptors (Lipinski definition) is 5. The van der Waals surface area contributed by atoms with E-state index in [1.165, 1.54) is 11.3 Å². The van der Waals surface area contributed by atoms with Crippen LogP contribution in [0.2, 0.25) is 0 Å². The maximum Gasteiger partial charge on any atom is 0.324 e. The molecule has 0 bridgehead atoms. The Labute approximate surface area is 170 Å². The molecule has 2 aliphatic rings. The summed E-state index contributed by atoms with van der Waals surface area (Å²) in [7, 11) is 3.12. The first kappa shape index (κ1) is 21.0. The Kier molecular flexibility index (Phi) is 6.95. The summed E-state index contributed by atoms with van der Waals surface area (Å²) in [4.78, 5) is 38.3. The fourth-order valence-corrected chi connectivity index (χ4v) is 3.92. The number of nitrogens with one attached hydrogen (secondary N) is 2. The molecule has 1 saturated heterocycles. The van der Waals surface area contributed by atoms with Crippen LogP contribution in [0.25, 0.3) is 0 Å². The van der Waals surface area contributed by atoms with Gasteiger partial charge in [0.25, 0.3) is 5.91 Å². The summed E-state index contributed by atoms with van der Waals surface area (Å²) >= 11 is 0. The van der Waals surface area contributed by atoms with Crippen molar-refractivity contribution in [2.45, 2.75) is 57.0 Å². The number of hydrogen-bond donors (Lipinski definition) is 2. The van der Waals surface area contributed by atoms with E-state index in [2.05, 4.69) is 10.6 Å². The molecule has 8 heteroatoms. The second kappa shape index (κ2) is 9.62. The van der Waals surface area contributed by atoms with Gasteiger partial charge in [-0.1, -0.05) is 25.3 Å². The van der Waals surface area contributed by atoms with E-state index in [4.69, 9.17) is 9.47 Å². The fourth-order valence-electron chi connectivity index (χ4n) is 3.92. The lowest BCUT2D eigenvalue weighted by Crippen LogP contribution is -2.41. The van der Waals surface area contributed by atoms with Gasteiger partial charge in [-0.3, -0.25) is 14.5 Å². The van der Waals surface area contributed by atoms with Gasteiger partial charge >= 0.3 is 6.03 Å². The van der Waals surface area contributed by atoms with Crippen LogP contribution >= 0.6 is 0 Å². The highest BCUT2D eigenvalue weighted by atomic mass is 16.5. The van der Waals surface area contributed by atoms with E-state index in [1.54, 1.807) is 20.3 Å². The molecule has 0 spiro atoms. The predicted molar refractivity (Wildman–Crippen MR) is 107 cm³/mol. The highest BCUT2D eigenvalue weighted by molar-refractivity contribution is 6.05. The second-order valence-corrected chi connectivity index (χ2v) is 7.54. The summed E-state index contributed by atoms with van der Waals surface area (Å²) in [6.45, 7) is 0.237. The maximum atomic E-state index is 12.6. The van der Waals surface area contributed by atoms with E-state index in [0.717, 1.165) is 31.2 Å². The minimum atomic E-state index is -0.795. The van der Waals surface area contributed by atoms with Crippen LogP contribution in [-0.2, 0) is 16.0 Å². The number of urea groups is 1. The molecule has 0 aromatic heterocycles. The summed E-state index contributed by atoms with van der Waals surface area (Å²) in [5.74, 6) is 0.682. The largest absolute Gasteiger partial charge is 0.493 e. The Hall–Kier alpha value is -2.77. The van der Waals surface area contributed by atoms with Crippen molar-refractivity contribution in [3.8, 4) is 11.5 Å². The Morgan fingerprint density at radius 1 is 1.14 bits per heavy atom. The van der Waals surface area contributed by atoms with Crippen molar-refractivity contribution >= 4 is 17.8 Å². The summed E-state index contributed by atoms with van der Waals surface area (Å²) in [6, 6.07) is 4.42. The van der Waals surface area contributed by atoms with Gasteiger partial charge in [0.2, 0.25) is 5.91 Å². The van der Waals surface area contributed by atoms with Crippen LogP contribution in [0.4, 0.5) is 4.79 Å². The second-order valence-electron chi connectivity index (χ2n) is 7.54. The van der Waals surface area contributed by atoms with Gasteiger partial charge in [-0.05, 0) is 37.0 Å². The third kappa shape index (κ3) is 5.19. The van der Waals surface area contributed by atoms with E-state index < -0.39 is 12.1 Å². The fraction of sp³-hybridized carbons (Fsp3) is 0.571. The van der Waals surface area contributed by atoms with Crippen molar-refractivity contribution < 1.29 is 23.9 Å². The van der Waals surface area contributed by atoms with Crippen molar-refractivity contribution in [2.75, 3.05) is 20.8 Å². The number of nitrogens with zero attached hydrogens (tertiary/aromatic N) is 1. The van der Waals surface area contributed by atoms with Crippen LogP contribution in [0, 0.1) is 0 Å². The topological polar surface area (TPSA) is 97.0 Å². The number of carbonyl (C=O) groups excluding carboxylic acids is 3. The molecule has 1 heterocycles. The van der Waals surface area contributed by atoms with Crippen molar-refractivity contribution in [3.63, 3.8) is 0 Å². The number of methoxy groups -OCH3 is 2. The first-order valence-electron chi connectivity index (χ1n) is 10.1. The van der Waals surface area contributed by atoms with Gasteiger partial charge in [-0.2, -0.15) is 0 Å². The van der Waals surface area contributed by atoms with Crippen molar-refractivity contribution in [1.82, 2.24) is 15.5 Å². The molecule has 1 aliphatic carbocycles. The third-order valence-corrected chi connectivity index (χ3v) is 5.54. The van der Waals surface area contributed by atoms with Crippen LogP contribution < -0.4 is 20.1 Å². The average molecular weight is 403 g/mol. The number of benzene rings is 1. The Bertz CT molecular complexity index is 761. The zero-order chi connectivity index (χ0) is 20.8. The lowest BCUT2D eigenvalue weighted by Gasteiger charge is -2.23. The zero-order valence-corrected chi connectivity index (χ0v) is 17.0. The molecule has 29 heavy (non-hydrogen) atoms. The number of ether oxygens (including phenoxy) is 2. The standard InChI is InChI=1S/C21H29N3O5/c1-28-17-9-8-14(12-18(17)29-2)10-11-24-20(26)16(23-21(24)27)13-19(25)22-15-6-4-3-5-7-15/h8-9,12,15-16H,3-7,10-11,13H2,1-2H3,(H,22,25)(H,23,27)/t16-/m0/s1. The quantitative estimate of drug-likeness (QED) is 0.647. The van der Waals surface area contributed by atoms with E-state index in [9.17, 15) is 14.4 Å². The molecule has 158 valence electrons. The SMILES string of the molecule is COc1ccc(CCN2C(=O)N[C@@H](CC(=O)NC3CCCCC3)C2=O)cc1OC. The van der Waals surface area contributed by atoms with E-state index in [1.807, 2.05) is 12.1 Å². The maximum absolute atomic E-state index is 12.6. The molecule has 1 aromatic carbocycles. The Morgan fingerprint density at radius 2 is 1.86 bits per heavy atom. The first-order chi connectivity index (χ1) is 14.0. The summed E-state index contributed by atoms with van der Waals surface area (Å²) < 4.78 is 10.5. The van der Waals surface area contributed by atoms with Gasteiger partial charge in [-0.15, -0.1) is 0 Å². The minimum Gasteiger partial charge on any atom is -0.493 e. The minimum absolute atomic E-state index is 0.0199. The molecule has 1 aliphatic heterocycles.